The second-order valence-electron chi connectivity index (χ2n) is 5.18. The first kappa shape index (κ1) is 14.8. The van der Waals surface area contributed by atoms with Gasteiger partial charge in [0.1, 0.15) is 0 Å². The zero-order chi connectivity index (χ0) is 13.8. The number of hydrogen-bond acceptors (Lipinski definition) is 3. The maximum atomic E-state index is 12.1. The molecule has 0 spiro atoms. The molecule has 0 amide bonds. The maximum Gasteiger partial charge on any atom is 0.272 e. The van der Waals surface area contributed by atoms with Gasteiger partial charge in [-0.15, -0.1) is 0 Å². The monoisotopic (exact) mass is 258 g/mol. The molecule has 0 saturated carbocycles. The molecule has 0 fully saturated rings. The average Bonchev–Trinajstić information content (AvgIpc) is 2.25. The van der Waals surface area contributed by atoms with Crippen molar-refractivity contribution in [1.29, 1.82) is 0 Å². The Labute approximate surface area is 107 Å². The molecule has 0 radical (unpaired) electrons. The van der Waals surface area contributed by atoms with Crippen molar-refractivity contribution in [2.75, 3.05) is 13.7 Å². The molecule has 1 aromatic heterocycles. The maximum absolute atomic E-state index is 12.1. The third kappa shape index (κ3) is 4.56. The Hall–Kier alpha value is -1.23. The van der Waals surface area contributed by atoms with Gasteiger partial charge in [-0.05, 0) is 18.7 Å². The molecule has 18 heavy (non-hydrogen) atoms. The first-order valence-corrected chi connectivity index (χ1v) is 5.90. The summed E-state index contributed by atoms with van der Waals surface area (Å²) in [5.41, 5.74) is 1.66. The van der Waals surface area contributed by atoms with Crippen molar-refractivity contribution in [3.8, 4) is 5.88 Å². The van der Waals surface area contributed by atoms with Gasteiger partial charge in [-0.2, -0.15) is 0 Å². The summed E-state index contributed by atoms with van der Waals surface area (Å²) in [7, 11) is 1.83. The fraction of sp³-hybridized carbons (Fsp3) is 0.615. The summed E-state index contributed by atoms with van der Waals surface area (Å²) in [6, 6.07) is 3.65. The number of ether oxygens (including phenoxy) is 1. The van der Waals surface area contributed by atoms with E-state index in [1.54, 1.807) is 6.07 Å². The lowest BCUT2D eigenvalue weighted by molar-refractivity contribution is 0.0793. The molecule has 5 heteroatoms. The zero-order valence-corrected chi connectivity index (χ0v) is 11.3. The van der Waals surface area contributed by atoms with Gasteiger partial charge in [0.25, 0.3) is 6.43 Å². The number of pyridine rings is 1. The largest absolute Gasteiger partial charge is 0.472 e. The number of rotatable bonds is 5. The quantitative estimate of drug-likeness (QED) is 0.881. The Balaban J connectivity index is 2.98. The van der Waals surface area contributed by atoms with Crippen LogP contribution in [0.1, 0.15) is 32.0 Å². The minimum absolute atomic E-state index is 0.146. The normalized spacial score (nSPS) is 11.9. The molecule has 0 saturated heterocycles. The van der Waals surface area contributed by atoms with Crippen LogP contribution in [-0.2, 0) is 12.0 Å². The summed E-state index contributed by atoms with van der Waals surface area (Å²) >= 11 is 0. The minimum atomic E-state index is -2.49. The highest BCUT2D eigenvalue weighted by Gasteiger charge is 2.18. The Bertz CT molecular complexity index is 389. The van der Waals surface area contributed by atoms with Gasteiger partial charge < -0.3 is 10.1 Å². The molecule has 1 rings (SSSR count). The fourth-order valence-corrected chi connectivity index (χ4v) is 1.47. The molecule has 1 aromatic rings. The lowest BCUT2D eigenvalue weighted by Crippen LogP contribution is -2.17. The SMILES string of the molecule is CNCc1cc(OCC(F)F)nc(C(C)(C)C)c1. The molecule has 102 valence electrons. The van der Waals surface area contributed by atoms with Crippen LogP contribution >= 0.6 is 0 Å². The first-order valence-electron chi connectivity index (χ1n) is 5.90. The molecular weight excluding hydrogens is 238 g/mol. The number of halogens is 2. The number of nitrogens with zero attached hydrogens (tertiary/aromatic N) is 1. The van der Waals surface area contributed by atoms with Gasteiger partial charge in [-0.3, -0.25) is 0 Å². The third-order valence-corrected chi connectivity index (χ3v) is 2.37. The van der Waals surface area contributed by atoms with Gasteiger partial charge in [0, 0.05) is 18.0 Å². The molecule has 0 aliphatic heterocycles. The summed E-state index contributed by atoms with van der Waals surface area (Å²) in [5, 5.41) is 3.02. The van der Waals surface area contributed by atoms with Crippen molar-refractivity contribution in [3.05, 3.63) is 23.4 Å². The second-order valence-corrected chi connectivity index (χ2v) is 5.18. The molecule has 3 nitrogen and oxygen atoms in total. The van der Waals surface area contributed by atoms with Crippen LogP contribution in [0.4, 0.5) is 8.78 Å². The van der Waals surface area contributed by atoms with Crippen molar-refractivity contribution in [3.63, 3.8) is 0 Å². The van der Waals surface area contributed by atoms with Crippen molar-refractivity contribution in [2.24, 2.45) is 0 Å². The summed E-state index contributed by atoms with van der Waals surface area (Å²) < 4.78 is 29.3. The van der Waals surface area contributed by atoms with Crippen LogP contribution < -0.4 is 10.1 Å². The second kappa shape index (κ2) is 6.09. The van der Waals surface area contributed by atoms with E-state index >= 15 is 0 Å². The molecular formula is C13H20F2N2O. The number of nitrogens with one attached hydrogen (secondary N) is 1. The highest BCUT2D eigenvalue weighted by Crippen LogP contribution is 2.24. The van der Waals surface area contributed by atoms with E-state index in [1.165, 1.54) is 0 Å². The first-order chi connectivity index (χ1) is 8.32. The topological polar surface area (TPSA) is 34.1 Å². The molecule has 0 aromatic carbocycles. The summed E-state index contributed by atoms with van der Waals surface area (Å²) in [5.74, 6) is 0.257. The Morgan fingerprint density at radius 1 is 1.33 bits per heavy atom. The van der Waals surface area contributed by atoms with Gasteiger partial charge in [-0.1, -0.05) is 20.8 Å². The zero-order valence-electron chi connectivity index (χ0n) is 11.3. The Morgan fingerprint density at radius 2 is 2.00 bits per heavy atom. The van der Waals surface area contributed by atoms with E-state index in [4.69, 9.17) is 4.74 Å². The fourth-order valence-electron chi connectivity index (χ4n) is 1.47. The number of hydrogen-bond donors (Lipinski definition) is 1. The van der Waals surface area contributed by atoms with Crippen LogP contribution in [0.3, 0.4) is 0 Å². The van der Waals surface area contributed by atoms with E-state index in [9.17, 15) is 8.78 Å². The molecule has 0 aliphatic carbocycles. The highest BCUT2D eigenvalue weighted by molar-refractivity contribution is 5.28. The van der Waals surface area contributed by atoms with Crippen molar-refractivity contribution in [1.82, 2.24) is 10.3 Å². The van der Waals surface area contributed by atoms with Crippen LogP contribution in [0.25, 0.3) is 0 Å². The molecule has 0 bridgehead atoms. The van der Waals surface area contributed by atoms with E-state index in [2.05, 4.69) is 10.3 Å². The predicted molar refractivity (Wildman–Crippen MR) is 67.2 cm³/mol. The number of alkyl halides is 2. The van der Waals surface area contributed by atoms with E-state index in [0.717, 1.165) is 11.3 Å². The number of aromatic nitrogens is 1. The smallest absolute Gasteiger partial charge is 0.272 e. The molecule has 0 unspecified atom stereocenters. The third-order valence-electron chi connectivity index (χ3n) is 2.37. The molecule has 1 N–H and O–H groups in total. The molecule has 0 aliphatic rings. The van der Waals surface area contributed by atoms with Gasteiger partial charge in [0.15, 0.2) is 6.61 Å². The lowest BCUT2D eigenvalue weighted by Gasteiger charge is -2.20. The summed E-state index contributed by atoms with van der Waals surface area (Å²) in [6.45, 7) is 6.09. The van der Waals surface area contributed by atoms with E-state index in [1.807, 2.05) is 33.9 Å². The Morgan fingerprint density at radius 3 is 2.50 bits per heavy atom. The van der Waals surface area contributed by atoms with Gasteiger partial charge >= 0.3 is 0 Å². The highest BCUT2D eigenvalue weighted by atomic mass is 19.3. The van der Waals surface area contributed by atoms with Crippen molar-refractivity contribution < 1.29 is 13.5 Å². The van der Waals surface area contributed by atoms with Crippen LogP contribution in [0.2, 0.25) is 0 Å². The molecule has 1 heterocycles. The van der Waals surface area contributed by atoms with E-state index in [-0.39, 0.29) is 11.3 Å². The van der Waals surface area contributed by atoms with Gasteiger partial charge in [0.2, 0.25) is 5.88 Å². The van der Waals surface area contributed by atoms with Gasteiger partial charge in [-0.25, -0.2) is 13.8 Å². The van der Waals surface area contributed by atoms with Crippen molar-refractivity contribution in [2.45, 2.75) is 39.2 Å². The summed E-state index contributed by atoms with van der Waals surface area (Å²) in [4.78, 5) is 4.28. The summed E-state index contributed by atoms with van der Waals surface area (Å²) in [6.07, 6.45) is -2.49. The van der Waals surface area contributed by atoms with E-state index < -0.39 is 13.0 Å². The predicted octanol–water partition coefficient (Wildman–Crippen LogP) is 2.74. The van der Waals surface area contributed by atoms with Crippen LogP contribution in [0.15, 0.2) is 12.1 Å². The standard InChI is InChI=1S/C13H20F2N2O/c1-13(2,3)10-5-9(7-16-4)6-12(17-10)18-8-11(14)15/h5-6,11,16H,7-8H2,1-4H3. The lowest BCUT2D eigenvalue weighted by atomic mass is 9.91. The van der Waals surface area contributed by atoms with Crippen molar-refractivity contribution >= 4 is 0 Å². The minimum Gasteiger partial charge on any atom is -0.472 e. The van der Waals surface area contributed by atoms with Crippen LogP contribution in [0, 0.1) is 0 Å². The average molecular weight is 258 g/mol. The van der Waals surface area contributed by atoms with E-state index in [0.29, 0.717) is 6.54 Å². The van der Waals surface area contributed by atoms with Gasteiger partial charge in [0.05, 0.1) is 5.69 Å². The Kier molecular flexibility index (Phi) is 5.02. The molecule has 0 atom stereocenters. The van der Waals surface area contributed by atoms with Crippen LogP contribution in [0.5, 0.6) is 5.88 Å². The van der Waals surface area contributed by atoms with Crippen LogP contribution in [-0.4, -0.2) is 25.1 Å².